The van der Waals surface area contributed by atoms with Gasteiger partial charge in [-0.15, -0.1) is 0 Å². The van der Waals surface area contributed by atoms with Crippen LogP contribution in [0.3, 0.4) is 0 Å². The molecule has 0 saturated carbocycles. The van der Waals surface area contributed by atoms with Gasteiger partial charge in [0.15, 0.2) is 0 Å². The van der Waals surface area contributed by atoms with E-state index < -0.39 is 0 Å². The summed E-state index contributed by atoms with van der Waals surface area (Å²) in [5.41, 5.74) is 2.97. The summed E-state index contributed by atoms with van der Waals surface area (Å²) < 4.78 is 11.3. The maximum Gasteiger partial charge on any atom is 0.216 e. The van der Waals surface area contributed by atoms with Gasteiger partial charge in [0, 0.05) is 16.5 Å². The average molecular weight is 313 g/mol. The van der Waals surface area contributed by atoms with Crippen molar-refractivity contribution in [1.82, 2.24) is 4.98 Å². The lowest BCUT2D eigenvalue weighted by atomic mass is 9.80. The van der Waals surface area contributed by atoms with E-state index >= 15 is 0 Å². The lowest BCUT2D eigenvalue weighted by Crippen LogP contribution is -2.22. The first-order chi connectivity index (χ1) is 10.9. The number of rotatable bonds is 6. The van der Waals surface area contributed by atoms with E-state index in [0.29, 0.717) is 18.4 Å². The van der Waals surface area contributed by atoms with Crippen molar-refractivity contribution in [2.75, 3.05) is 13.7 Å². The summed E-state index contributed by atoms with van der Waals surface area (Å²) in [5.74, 6) is 2.00. The maximum atomic E-state index is 5.80. The quantitative estimate of drug-likeness (QED) is 0.757. The van der Waals surface area contributed by atoms with E-state index in [0.717, 1.165) is 22.6 Å². The predicted octanol–water partition coefficient (Wildman–Crippen LogP) is 4.94. The zero-order valence-corrected chi connectivity index (χ0v) is 15.0. The zero-order chi connectivity index (χ0) is 17.0. The van der Waals surface area contributed by atoms with Crippen LogP contribution in [0.4, 0.5) is 0 Å². The summed E-state index contributed by atoms with van der Waals surface area (Å²) in [6, 6.07) is 12.4. The van der Waals surface area contributed by atoms with Crippen LogP contribution in [-0.4, -0.2) is 18.7 Å². The third-order valence-electron chi connectivity index (χ3n) is 4.21. The van der Waals surface area contributed by atoms with E-state index in [9.17, 15) is 0 Å². The topological polar surface area (TPSA) is 31.4 Å². The lowest BCUT2D eigenvalue weighted by Gasteiger charge is -2.28. The second-order valence-corrected chi connectivity index (χ2v) is 6.50. The zero-order valence-electron chi connectivity index (χ0n) is 15.0. The first kappa shape index (κ1) is 17.3. The average Bonchev–Trinajstić information content (AvgIpc) is 2.54. The third kappa shape index (κ3) is 3.49. The molecule has 2 rings (SSSR count). The van der Waals surface area contributed by atoms with Crippen LogP contribution in [0.15, 0.2) is 36.4 Å². The van der Waals surface area contributed by atoms with Gasteiger partial charge in [0.1, 0.15) is 5.75 Å². The second kappa shape index (κ2) is 7.03. The molecule has 2 aromatic rings. The molecule has 0 radical (unpaired) electrons. The predicted molar refractivity (Wildman–Crippen MR) is 94.6 cm³/mol. The molecule has 0 unspecified atom stereocenters. The molecule has 0 saturated heterocycles. The highest BCUT2D eigenvalue weighted by Crippen LogP contribution is 2.38. The van der Waals surface area contributed by atoms with Crippen LogP contribution in [0.1, 0.15) is 57.4 Å². The molecule has 0 spiro atoms. The van der Waals surface area contributed by atoms with E-state index in [2.05, 4.69) is 45.9 Å². The minimum atomic E-state index is -0.269. The molecule has 0 aliphatic heterocycles. The number of benzene rings is 1. The Kier molecular flexibility index (Phi) is 5.30. The van der Waals surface area contributed by atoms with Crippen molar-refractivity contribution in [2.45, 2.75) is 46.0 Å². The minimum absolute atomic E-state index is 0.269. The lowest BCUT2D eigenvalue weighted by molar-refractivity contribution is 0.330. The van der Waals surface area contributed by atoms with Crippen molar-refractivity contribution < 1.29 is 9.47 Å². The van der Waals surface area contributed by atoms with Gasteiger partial charge in [-0.3, -0.25) is 0 Å². The fourth-order valence-corrected chi connectivity index (χ4v) is 2.80. The molecule has 23 heavy (non-hydrogen) atoms. The molecule has 0 N–H and O–H groups in total. The number of ether oxygens (including phenoxy) is 2. The molecule has 1 heterocycles. The largest absolute Gasteiger partial charge is 0.494 e. The Morgan fingerprint density at radius 2 is 1.78 bits per heavy atom. The monoisotopic (exact) mass is 313 g/mol. The number of hydrogen-bond donors (Lipinski definition) is 0. The number of pyridine rings is 1. The Balaban J connectivity index is 2.51. The standard InChI is InChI=1S/C20H27NO2/c1-7-23-17-11-9-8-10-16(17)20(4,5)18-13-12-15(14(2)3)19(21-18)22-6/h8-14H,7H2,1-6H3. The summed E-state index contributed by atoms with van der Waals surface area (Å²) in [5, 5.41) is 0. The van der Waals surface area contributed by atoms with Crippen molar-refractivity contribution in [1.29, 1.82) is 0 Å². The fourth-order valence-electron chi connectivity index (χ4n) is 2.80. The Labute approximate surface area is 139 Å². The van der Waals surface area contributed by atoms with Crippen LogP contribution in [-0.2, 0) is 5.41 Å². The first-order valence-electron chi connectivity index (χ1n) is 8.19. The summed E-state index contributed by atoms with van der Waals surface area (Å²) in [6.45, 7) is 11.3. The molecule has 1 aromatic heterocycles. The summed E-state index contributed by atoms with van der Waals surface area (Å²) >= 11 is 0. The molecule has 1 aromatic carbocycles. The summed E-state index contributed by atoms with van der Waals surface area (Å²) in [6.07, 6.45) is 0. The first-order valence-corrected chi connectivity index (χ1v) is 8.19. The molecule has 0 fully saturated rings. The van der Waals surface area contributed by atoms with Gasteiger partial charge >= 0.3 is 0 Å². The van der Waals surface area contributed by atoms with Gasteiger partial charge in [0.25, 0.3) is 0 Å². The molecule has 3 heteroatoms. The molecule has 0 aliphatic carbocycles. The maximum absolute atomic E-state index is 5.80. The van der Waals surface area contributed by atoms with Gasteiger partial charge in [-0.05, 0) is 25.0 Å². The van der Waals surface area contributed by atoms with E-state index in [-0.39, 0.29) is 5.41 Å². The number of nitrogens with zero attached hydrogens (tertiary/aromatic N) is 1. The molecule has 3 nitrogen and oxygen atoms in total. The molecular weight excluding hydrogens is 286 g/mol. The highest BCUT2D eigenvalue weighted by molar-refractivity contribution is 5.45. The van der Waals surface area contributed by atoms with E-state index in [4.69, 9.17) is 14.5 Å². The normalized spacial score (nSPS) is 11.6. The number of methoxy groups -OCH3 is 1. The molecule has 124 valence electrons. The Bertz CT molecular complexity index is 662. The van der Waals surface area contributed by atoms with Crippen LogP contribution in [0.25, 0.3) is 0 Å². The molecule has 0 bridgehead atoms. The number of hydrogen-bond acceptors (Lipinski definition) is 3. The molecule has 0 atom stereocenters. The third-order valence-corrected chi connectivity index (χ3v) is 4.21. The van der Waals surface area contributed by atoms with Gasteiger partial charge in [-0.2, -0.15) is 0 Å². The SMILES string of the molecule is CCOc1ccccc1C(C)(C)c1ccc(C(C)C)c(OC)n1. The van der Waals surface area contributed by atoms with Crippen molar-refractivity contribution in [3.8, 4) is 11.6 Å². The van der Waals surface area contributed by atoms with Crippen molar-refractivity contribution in [2.24, 2.45) is 0 Å². The van der Waals surface area contributed by atoms with Gasteiger partial charge in [0.2, 0.25) is 5.88 Å². The fraction of sp³-hybridized carbons (Fsp3) is 0.450. The Hall–Kier alpha value is -2.03. The van der Waals surface area contributed by atoms with Gasteiger partial charge in [-0.25, -0.2) is 4.98 Å². The van der Waals surface area contributed by atoms with E-state index in [1.54, 1.807) is 7.11 Å². The Morgan fingerprint density at radius 1 is 1.09 bits per heavy atom. The van der Waals surface area contributed by atoms with E-state index in [1.165, 1.54) is 0 Å². The van der Waals surface area contributed by atoms with Gasteiger partial charge in [0.05, 0.1) is 19.4 Å². The Morgan fingerprint density at radius 3 is 2.39 bits per heavy atom. The van der Waals surface area contributed by atoms with Crippen LogP contribution in [0.5, 0.6) is 11.6 Å². The van der Waals surface area contributed by atoms with Crippen LogP contribution >= 0.6 is 0 Å². The minimum Gasteiger partial charge on any atom is -0.494 e. The van der Waals surface area contributed by atoms with Crippen LogP contribution in [0.2, 0.25) is 0 Å². The van der Waals surface area contributed by atoms with Crippen molar-refractivity contribution >= 4 is 0 Å². The molecule has 0 aliphatic rings. The second-order valence-electron chi connectivity index (χ2n) is 6.50. The van der Waals surface area contributed by atoms with Gasteiger partial charge in [-0.1, -0.05) is 52.0 Å². The highest BCUT2D eigenvalue weighted by atomic mass is 16.5. The molecular formula is C20H27NO2. The number of para-hydroxylation sites is 1. The molecule has 0 amide bonds. The van der Waals surface area contributed by atoms with Crippen LogP contribution in [0, 0.1) is 0 Å². The smallest absolute Gasteiger partial charge is 0.216 e. The summed E-state index contributed by atoms with van der Waals surface area (Å²) in [4.78, 5) is 4.78. The van der Waals surface area contributed by atoms with Crippen molar-refractivity contribution in [3.63, 3.8) is 0 Å². The van der Waals surface area contributed by atoms with Crippen molar-refractivity contribution in [3.05, 3.63) is 53.2 Å². The van der Waals surface area contributed by atoms with Gasteiger partial charge < -0.3 is 9.47 Å². The summed E-state index contributed by atoms with van der Waals surface area (Å²) in [7, 11) is 1.68. The number of aromatic nitrogens is 1. The van der Waals surface area contributed by atoms with Crippen LogP contribution < -0.4 is 9.47 Å². The highest BCUT2D eigenvalue weighted by Gasteiger charge is 2.29. The van der Waals surface area contributed by atoms with E-state index in [1.807, 2.05) is 25.1 Å².